The van der Waals surface area contributed by atoms with Gasteiger partial charge in [0.25, 0.3) is 5.56 Å². The molecule has 0 bridgehead atoms. The summed E-state index contributed by atoms with van der Waals surface area (Å²) < 4.78 is 2.32. The Bertz CT molecular complexity index is 1090. The van der Waals surface area contributed by atoms with Crippen molar-refractivity contribution in [3.63, 3.8) is 0 Å². The van der Waals surface area contributed by atoms with Crippen LogP contribution in [-0.4, -0.2) is 25.7 Å². The minimum atomic E-state index is -0.652. The van der Waals surface area contributed by atoms with Crippen molar-refractivity contribution in [3.8, 4) is 0 Å². The van der Waals surface area contributed by atoms with Gasteiger partial charge in [-0.1, -0.05) is 48.2 Å². The van der Waals surface area contributed by atoms with Crippen LogP contribution in [0.2, 0.25) is 0 Å². The summed E-state index contributed by atoms with van der Waals surface area (Å²) in [6.07, 6.45) is 1.63. The second-order valence-corrected chi connectivity index (χ2v) is 7.04. The van der Waals surface area contributed by atoms with Crippen LogP contribution in [0.15, 0.2) is 69.3 Å². The maximum Gasteiger partial charge on any atom is 0.332 e. The van der Waals surface area contributed by atoms with Gasteiger partial charge < -0.3 is 5.73 Å². The zero-order chi connectivity index (χ0) is 20.1. The maximum absolute atomic E-state index is 12.8. The molecule has 0 saturated heterocycles. The highest BCUT2D eigenvalue weighted by atomic mass is 32.2. The molecule has 0 spiro atoms. The number of nitrogens with two attached hydrogens (primary N) is 1. The van der Waals surface area contributed by atoms with E-state index < -0.39 is 17.0 Å². The second kappa shape index (κ2) is 8.71. The molecule has 0 aliphatic carbocycles. The Kier molecular flexibility index (Phi) is 6.10. The first-order chi connectivity index (χ1) is 13.5. The van der Waals surface area contributed by atoms with Crippen molar-refractivity contribution in [2.75, 3.05) is 11.5 Å². The maximum atomic E-state index is 12.8. The molecule has 1 aromatic carbocycles. The van der Waals surface area contributed by atoms with E-state index in [9.17, 15) is 14.4 Å². The third-order valence-electron chi connectivity index (χ3n) is 4.24. The average molecular weight is 396 g/mol. The van der Waals surface area contributed by atoms with Crippen LogP contribution in [-0.2, 0) is 13.1 Å². The molecule has 3 aromatic rings. The minimum Gasteiger partial charge on any atom is -0.384 e. The van der Waals surface area contributed by atoms with Crippen LogP contribution < -0.4 is 17.0 Å². The number of hydrogen-bond donors (Lipinski definition) is 1. The van der Waals surface area contributed by atoms with E-state index in [4.69, 9.17) is 5.73 Å². The van der Waals surface area contributed by atoms with Crippen LogP contribution in [0.5, 0.6) is 0 Å². The molecule has 2 aromatic heterocycles. The molecule has 144 valence electrons. The lowest BCUT2D eigenvalue weighted by Crippen LogP contribution is -2.44. The predicted octanol–water partition coefficient (Wildman–Crippen LogP) is 2.03. The monoisotopic (exact) mass is 396 g/mol. The molecule has 0 saturated carbocycles. The van der Waals surface area contributed by atoms with Crippen molar-refractivity contribution in [1.82, 2.24) is 14.1 Å². The third kappa shape index (κ3) is 4.07. The number of thioether (sulfide) groups is 1. The molecule has 0 amide bonds. The number of aromatic nitrogens is 3. The highest BCUT2D eigenvalue weighted by molar-refractivity contribution is 7.99. The van der Waals surface area contributed by atoms with Gasteiger partial charge in [-0.3, -0.25) is 18.7 Å². The number of carbonyl (C=O) groups excluding carboxylic acids is 1. The summed E-state index contributed by atoms with van der Waals surface area (Å²) in [5.41, 5.74) is 5.65. The van der Waals surface area contributed by atoms with Crippen molar-refractivity contribution in [2.45, 2.75) is 25.0 Å². The van der Waals surface area contributed by atoms with Crippen LogP contribution in [0.1, 0.15) is 22.8 Å². The van der Waals surface area contributed by atoms with Crippen molar-refractivity contribution in [2.24, 2.45) is 0 Å². The van der Waals surface area contributed by atoms with Crippen molar-refractivity contribution in [1.29, 1.82) is 0 Å². The van der Waals surface area contributed by atoms with Gasteiger partial charge in [-0.25, -0.2) is 9.78 Å². The molecule has 0 aliphatic rings. The molecule has 28 heavy (non-hydrogen) atoms. The SMILES string of the molecule is CCn1c(=O)c(C(=O)CSc2ccccn2)c(N)n(Cc2ccccc2)c1=O. The van der Waals surface area contributed by atoms with Gasteiger partial charge in [0.2, 0.25) is 0 Å². The highest BCUT2D eigenvalue weighted by Crippen LogP contribution is 2.17. The number of hydrogen-bond acceptors (Lipinski definition) is 6. The lowest BCUT2D eigenvalue weighted by atomic mass is 10.2. The fourth-order valence-electron chi connectivity index (χ4n) is 2.82. The number of Topliss-reactive ketones (excluding diaryl/α,β-unsaturated/α-hetero) is 1. The Labute approximate surface area is 165 Å². The predicted molar refractivity (Wildman–Crippen MR) is 110 cm³/mol. The summed E-state index contributed by atoms with van der Waals surface area (Å²) in [6, 6.07) is 14.6. The number of rotatable bonds is 7. The van der Waals surface area contributed by atoms with E-state index in [2.05, 4.69) is 4.98 Å². The molecule has 2 N–H and O–H groups in total. The first kappa shape index (κ1) is 19.6. The Balaban J connectivity index is 2.00. The molecule has 0 radical (unpaired) electrons. The van der Waals surface area contributed by atoms with Crippen LogP contribution >= 0.6 is 11.8 Å². The Hall–Kier alpha value is -3.13. The summed E-state index contributed by atoms with van der Waals surface area (Å²) in [6.45, 7) is 2.02. The largest absolute Gasteiger partial charge is 0.384 e. The van der Waals surface area contributed by atoms with Gasteiger partial charge in [0.15, 0.2) is 5.78 Å². The molecule has 8 heteroatoms. The van der Waals surface area contributed by atoms with E-state index in [1.807, 2.05) is 36.4 Å². The molecule has 2 heterocycles. The number of carbonyl (C=O) groups is 1. The number of nitrogens with zero attached hydrogens (tertiary/aromatic N) is 3. The summed E-state index contributed by atoms with van der Waals surface area (Å²) >= 11 is 1.22. The molecular weight excluding hydrogens is 376 g/mol. The van der Waals surface area contributed by atoms with Crippen molar-refractivity contribution >= 4 is 23.4 Å². The van der Waals surface area contributed by atoms with Gasteiger partial charge in [-0.05, 0) is 24.6 Å². The van der Waals surface area contributed by atoms with Crippen molar-refractivity contribution in [3.05, 3.63) is 86.7 Å². The second-order valence-electron chi connectivity index (χ2n) is 6.04. The van der Waals surface area contributed by atoms with Crippen molar-refractivity contribution < 1.29 is 4.79 Å². The molecule has 0 atom stereocenters. The highest BCUT2D eigenvalue weighted by Gasteiger charge is 2.22. The lowest BCUT2D eigenvalue weighted by Gasteiger charge is -2.15. The van der Waals surface area contributed by atoms with Crippen LogP contribution in [0.3, 0.4) is 0 Å². The Morgan fingerprint density at radius 2 is 1.79 bits per heavy atom. The Morgan fingerprint density at radius 3 is 2.43 bits per heavy atom. The zero-order valence-corrected chi connectivity index (χ0v) is 16.2. The quantitative estimate of drug-likeness (QED) is 0.484. The van der Waals surface area contributed by atoms with Gasteiger partial charge in [-0.2, -0.15) is 0 Å². The van der Waals surface area contributed by atoms with Gasteiger partial charge in [0.05, 0.1) is 17.3 Å². The number of ketones is 1. The van der Waals surface area contributed by atoms with Gasteiger partial charge in [-0.15, -0.1) is 0 Å². The number of pyridine rings is 1. The first-order valence-corrected chi connectivity index (χ1v) is 9.75. The number of nitrogen functional groups attached to an aromatic ring is 1. The standard InChI is InChI=1S/C20H20N4O3S/c1-2-23-19(26)17(15(25)13-28-16-10-6-7-11-22-16)18(21)24(20(23)27)12-14-8-4-3-5-9-14/h3-11H,2,12-13,21H2,1H3. The number of anilines is 1. The van der Waals surface area contributed by atoms with E-state index >= 15 is 0 Å². The Morgan fingerprint density at radius 1 is 1.07 bits per heavy atom. The molecule has 3 rings (SSSR count). The van der Waals surface area contributed by atoms with E-state index in [1.165, 1.54) is 16.3 Å². The van der Waals surface area contributed by atoms with E-state index in [0.717, 1.165) is 10.1 Å². The van der Waals surface area contributed by atoms with Crippen LogP contribution in [0.25, 0.3) is 0 Å². The third-order valence-corrected chi connectivity index (χ3v) is 5.18. The van der Waals surface area contributed by atoms with Gasteiger partial charge >= 0.3 is 5.69 Å². The van der Waals surface area contributed by atoms with Gasteiger partial charge in [0, 0.05) is 12.7 Å². The van der Waals surface area contributed by atoms with Gasteiger partial charge in [0.1, 0.15) is 11.4 Å². The van der Waals surface area contributed by atoms with Crippen LogP contribution in [0.4, 0.5) is 5.82 Å². The summed E-state index contributed by atoms with van der Waals surface area (Å²) in [5, 5.41) is 0.669. The molecule has 0 unspecified atom stereocenters. The molecule has 7 nitrogen and oxygen atoms in total. The first-order valence-electron chi connectivity index (χ1n) is 8.77. The lowest BCUT2D eigenvalue weighted by molar-refractivity contribution is 0.102. The fraction of sp³-hybridized carbons (Fsp3) is 0.200. The molecule has 0 fully saturated rings. The normalized spacial score (nSPS) is 10.8. The molecular formula is C20H20N4O3S. The number of benzene rings is 1. The molecule has 0 aliphatic heterocycles. The fourth-order valence-corrected chi connectivity index (χ4v) is 3.55. The average Bonchev–Trinajstić information content (AvgIpc) is 2.71. The van der Waals surface area contributed by atoms with E-state index in [-0.39, 0.29) is 30.2 Å². The summed E-state index contributed by atoms with van der Waals surface area (Å²) in [5.74, 6) is -0.527. The van der Waals surface area contributed by atoms with E-state index in [1.54, 1.807) is 25.3 Å². The zero-order valence-electron chi connectivity index (χ0n) is 15.4. The summed E-state index contributed by atoms with van der Waals surface area (Å²) in [4.78, 5) is 42.4. The topological polar surface area (TPSA) is 100.0 Å². The minimum absolute atomic E-state index is 0.00368. The smallest absolute Gasteiger partial charge is 0.332 e. The van der Waals surface area contributed by atoms with Crippen LogP contribution in [0, 0.1) is 0 Å². The summed E-state index contributed by atoms with van der Waals surface area (Å²) in [7, 11) is 0. The van der Waals surface area contributed by atoms with E-state index in [0.29, 0.717) is 5.03 Å².